The van der Waals surface area contributed by atoms with Crippen LogP contribution in [0.5, 0.6) is 5.75 Å². The zero-order chi connectivity index (χ0) is 17.2. The molecule has 1 aromatic carbocycles. The zero-order valence-corrected chi connectivity index (χ0v) is 13.5. The highest BCUT2D eigenvalue weighted by molar-refractivity contribution is 7.08. The normalized spacial score (nSPS) is 12.9. The van der Waals surface area contributed by atoms with E-state index in [1.807, 2.05) is 16.8 Å². The molecule has 0 aliphatic carbocycles. The number of hydrogen-bond donors (Lipinski definition) is 1. The molecule has 1 aliphatic heterocycles. The van der Waals surface area contributed by atoms with E-state index in [-0.39, 0.29) is 25.0 Å². The Hall–Kier alpha value is -3.20. The minimum Gasteiger partial charge on any atom is -0.482 e. The van der Waals surface area contributed by atoms with Gasteiger partial charge in [-0.15, -0.1) is 0 Å². The first-order valence-corrected chi connectivity index (χ1v) is 8.22. The SMILES string of the molecule is O=C1COc2cc(C(=O)OCc3nc(-c4ccsc4)no3)ccc2N1. The van der Waals surface area contributed by atoms with E-state index in [4.69, 9.17) is 14.0 Å². The molecule has 0 fully saturated rings. The van der Waals surface area contributed by atoms with Crippen molar-refractivity contribution in [1.29, 1.82) is 0 Å². The van der Waals surface area contributed by atoms with Gasteiger partial charge in [0.2, 0.25) is 5.82 Å². The van der Waals surface area contributed by atoms with Crippen LogP contribution in [0.3, 0.4) is 0 Å². The number of nitrogens with one attached hydrogen (secondary N) is 1. The van der Waals surface area contributed by atoms with Crippen LogP contribution in [0.1, 0.15) is 16.2 Å². The molecule has 0 unspecified atom stereocenters. The lowest BCUT2D eigenvalue weighted by Gasteiger charge is -2.18. The van der Waals surface area contributed by atoms with Gasteiger partial charge < -0.3 is 19.3 Å². The van der Waals surface area contributed by atoms with Crippen LogP contribution in [-0.2, 0) is 16.1 Å². The largest absolute Gasteiger partial charge is 0.482 e. The van der Waals surface area contributed by atoms with Crippen LogP contribution in [0.4, 0.5) is 5.69 Å². The maximum Gasteiger partial charge on any atom is 0.338 e. The summed E-state index contributed by atoms with van der Waals surface area (Å²) in [5.74, 6) is 0.284. The predicted octanol–water partition coefficient (Wildman–Crippen LogP) is 2.49. The van der Waals surface area contributed by atoms with Crippen LogP contribution in [0.2, 0.25) is 0 Å². The summed E-state index contributed by atoms with van der Waals surface area (Å²) in [6, 6.07) is 6.52. The van der Waals surface area contributed by atoms with Crippen molar-refractivity contribution in [1.82, 2.24) is 10.1 Å². The van der Waals surface area contributed by atoms with E-state index in [0.717, 1.165) is 5.56 Å². The number of esters is 1. The van der Waals surface area contributed by atoms with E-state index in [1.54, 1.807) is 12.1 Å². The van der Waals surface area contributed by atoms with Crippen molar-refractivity contribution in [2.75, 3.05) is 11.9 Å². The van der Waals surface area contributed by atoms with E-state index in [0.29, 0.717) is 22.8 Å². The lowest BCUT2D eigenvalue weighted by atomic mass is 10.1. The number of fused-ring (bicyclic) bond motifs is 1. The lowest BCUT2D eigenvalue weighted by Crippen LogP contribution is -2.25. The van der Waals surface area contributed by atoms with Gasteiger partial charge in [-0.25, -0.2) is 4.79 Å². The fourth-order valence-corrected chi connectivity index (χ4v) is 2.87. The Morgan fingerprint density at radius 1 is 1.36 bits per heavy atom. The average Bonchev–Trinajstić information content (AvgIpc) is 3.30. The second-order valence-electron chi connectivity index (χ2n) is 5.15. The van der Waals surface area contributed by atoms with Crippen LogP contribution in [0.25, 0.3) is 11.4 Å². The van der Waals surface area contributed by atoms with Gasteiger partial charge in [0.05, 0.1) is 11.3 Å². The van der Waals surface area contributed by atoms with Gasteiger partial charge in [-0.3, -0.25) is 4.79 Å². The molecule has 0 atom stereocenters. The van der Waals surface area contributed by atoms with Gasteiger partial charge in [0, 0.05) is 10.9 Å². The molecule has 0 saturated carbocycles. The second kappa shape index (κ2) is 6.36. The summed E-state index contributed by atoms with van der Waals surface area (Å²) in [6.07, 6.45) is 0. The summed E-state index contributed by atoms with van der Waals surface area (Å²) in [7, 11) is 0. The van der Waals surface area contributed by atoms with E-state index in [9.17, 15) is 9.59 Å². The number of carbonyl (C=O) groups excluding carboxylic acids is 2. The molecule has 3 heterocycles. The molecule has 3 aromatic rings. The summed E-state index contributed by atoms with van der Waals surface area (Å²) in [4.78, 5) is 27.6. The Kier molecular flexibility index (Phi) is 3.90. The molecule has 1 aliphatic rings. The zero-order valence-electron chi connectivity index (χ0n) is 12.7. The Labute approximate surface area is 145 Å². The third kappa shape index (κ3) is 3.22. The van der Waals surface area contributed by atoms with Crippen molar-refractivity contribution in [3.8, 4) is 17.1 Å². The van der Waals surface area contributed by atoms with E-state index in [1.165, 1.54) is 17.4 Å². The quantitative estimate of drug-likeness (QED) is 0.715. The van der Waals surface area contributed by atoms with Crippen molar-refractivity contribution >= 4 is 28.9 Å². The van der Waals surface area contributed by atoms with Crippen molar-refractivity contribution in [2.24, 2.45) is 0 Å². The Bertz CT molecular complexity index is 935. The van der Waals surface area contributed by atoms with Crippen LogP contribution < -0.4 is 10.1 Å². The number of thiophene rings is 1. The summed E-state index contributed by atoms with van der Waals surface area (Å²) in [6.45, 7) is -0.219. The first-order valence-electron chi connectivity index (χ1n) is 7.28. The van der Waals surface area contributed by atoms with Crippen molar-refractivity contribution in [3.05, 3.63) is 46.5 Å². The number of nitrogens with zero attached hydrogens (tertiary/aromatic N) is 2. The maximum atomic E-state index is 12.2. The van der Waals surface area contributed by atoms with Crippen molar-refractivity contribution < 1.29 is 23.6 Å². The van der Waals surface area contributed by atoms with Gasteiger partial charge in [0.25, 0.3) is 11.8 Å². The lowest BCUT2D eigenvalue weighted by molar-refractivity contribution is -0.118. The summed E-state index contributed by atoms with van der Waals surface area (Å²) < 4.78 is 15.5. The molecular formula is C16H11N3O5S. The number of hydrogen-bond acceptors (Lipinski definition) is 8. The number of carbonyl (C=O) groups is 2. The Morgan fingerprint density at radius 3 is 3.12 bits per heavy atom. The fraction of sp³-hybridized carbons (Fsp3) is 0.125. The molecule has 0 spiro atoms. The van der Waals surface area contributed by atoms with Gasteiger partial charge in [0.1, 0.15) is 5.75 Å². The molecule has 25 heavy (non-hydrogen) atoms. The molecule has 1 amide bonds. The third-order valence-electron chi connectivity index (χ3n) is 3.42. The number of benzene rings is 1. The minimum absolute atomic E-state index is 0.0845. The van der Waals surface area contributed by atoms with Crippen LogP contribution in [-0.4, -0.2) is 28.6 Å². The third-order valence-corrected chi connectivity index (χ3v) is 4.11. The van der Waals surface area contributed by atoms with Gasteiger partial charge in [0.15, 0.2) is 13.2 Å². The molecular weight excluding hydrogens is 346 g/mol. The molecule has 8 nitrogen and oxygen atoms in total. The number of amides is 1. The maximum absolute atomic E-state index is 12.2. The predicted molar refractivity (Wildman–Crippen MR) is 87.3 cm³/mol. The molecule has 0 bridgehead atoms. The average molecular weight is 357 g/mol. The summed E-state index contributed by atoms with van der Waals surface area (Å²) in [5, 5.41) is 10.3. The first kappa shape index (κ1) is 15.3. The highest BCUT2D eigenvalue weighted by atomic mass is 32.1. The highest BCUT2D eigenvalue weighted by Crippen LogP contribution is 2.28. The molecule has 9 heteroatoms. The molecule has 1 N–H and O–H groups in total. The van der Waals surface area contributed by atoms with Gasteiger partial charge in [-0.2, -0.15) is 16.3 Å². The van der Waals surface area contributed by atoms with Crippen molar-refractivity contribution in [3.63, 3.8) is 0 Å². The van der Waals surface area contributed by atoms with E-state index in [2.05, 4.69) is 15.5 Å². The van der Waals surface area contributed by atoms with Crippen LogP contribution >= 0.6 is 11.3 Å². The Morgan fingerprint density at radius 2 is 2.28 bits per heavy atom. The topological polar surface area (TPSA) is 104 Å². The monoisotopic (exact) mass is 357 g/mol. The van der Waals surface area contributed by atoms with Crippen molar-refractivity contribution in [2.45, 2.75) is 6.61 Å². The molecule has 4 rings (SSSR count). The molecule has 0 radical (unpaired) electrons. The van der Waals surface area contributed by atoms with E-state index >= 15 is 0 Å². The molecule has 2 aromatic heterocycles. The minimum atomic E-state index is -0.557. The van der Waals surface area contributed by atoms with Crippen LogP contribution in [0, 0.1) is 0 Å². The smallest absolute Gasteiger partial charge is 0.338 e. The summed E-state index contributed by atoms with van der Waals surface area (Å²) in [5.41, 5.74) is 1.66. The van der Waals surface area contributed by atoms with Crippen LogP contribution in [0.15, 0.2) is 39.5 Å². The van der Waals surface area contributed by atoms with E-state index < -0.39 is 5.97 Å². The Balaban J connectivity index is 1.42. The number of ether oxygens (including phenoxy) is 2. The first-order chi connectivity index (χ1) is 12.2. The van der Waals surface area contributed by atoms with Gasteiger partial charge in [-0.05, 0) is 29.6 Å². The fourth-order valence-electron chi connectivity index (χ4n) is 2.23. The number of anilines is 1. The highest BCUT2D eigenvalue weighted by Gasteiger charge is 2.19. The van der Waals surface area contributed by atoms with Gasteiger partial charge >= 0.3 is 5.97 Å². The number of rotatable bonds is 4. The van der Waals surface area contributed by atoms with Gasteiger partial charge in [-0.1, -0.05) is 5.16 Å². The number of aromatic nitrogens is 2. The second-order valence-corrected chi connectivity index (χ2v) is 5.93. The standard InChI is InChI=1S/C16H11N3O5S/c20-13-6-22-12-5-9(1-2-11(12)17-13)16(21)23-7-14-18-15(19-24-14)10-3-4-25-8-10/h1-5,8H,6-7H2,(H,17,20). The molecule has 126 valence electrons. The summed E-state index contributed by atoms with van der Waals surface area (Å²) >= 11 is 1.53. The molecule has 0 saturated heterocycles.